The molecule has 0 saturated heterocycles. The first-order chi connectivity index (χ1) is 10.9. The molecule has 6 nitrogen and oxygen atoms in total. The predicted molar refractivity (Wildman–Crippen MR) is 87.3 cm³/mol. The van der Waals surface area contributed by atoms with Crippen LogP contribution in [0.2, 0.25) is 0 Å². The number of ketones is 1. The van der Waals surface area contributed by atoms with Crippen molar-refractivity contribution in [3.05, 3.63) is 41.5 Å². The number of Topliss-reactive ketones (excluding diaryl/α,β-unsaturated/α-hetero) is 1. The first kappa shape index (κ1) is 17.3. The molecule has 1 aliphatic heterocycles. The number of alkyl halides is 1. The van der Waals surface area contributed by atoms with Gasteiger partial charge in [0.05, 0.1) is 7.11 Å². The van der Waals surface area contributed by atoms with Gasteiger partial charge in [-0.2, -0.15) is 0 Å². The van der Waals surface area contributed by atoms with E-state index in [0.717, 1.165) is 0 Å². The highest BCUT2D eigenvalue weighted by Crippen LogP contribution is 2.37. The Morgan fingerprint density at radius 2 is 2.04 bits per heavy atom. The lowest BCUT2D eigenvalue weighted by atomic mass is 9.91. The second-order valence-corrected chi connectivity index (χ2v) is 6.00. The van der Waals surface area contributed by atoms with Gasteiger partial charge in [0.1, 0.15) is 5.75 Å². The summed E-state index contributed by atoms with van der Waals surface area (Å²) in [6, 6.07) is 6.75. The molecule has 23 heavy (non-hydrogen) atoms. The van der Waals surface area contributed by atoms with Crippen LogP contribution in [0.15, 0.2) is 35.9 Å². The third-order valence-corrected chi connectivity index (χ3v) is 4.16. The van der Waals surface area contributed by atoms with Crippen molar-refractivity contribution in [1.82, 2.24) is 5.32 Å². The number of ether oxygens (including phenoxy) is 2. The summed E-state index contributed by atoms with van der Waals surface area (Å²) in [6.07, 6.45) is 0.905. The number of carbonyl (C=O) groups excluding carboxylic acids is 2. The molecule has 1 aromatic carbocycles. The van der Waals surface area contributed by atoms with Crippen molar-refractivity contribution >= 4 is 27.6 Å². The summed E-state index contributed by atoms with van der Waals surface area (Å²) in [5.74, 6) is -1.05. The quantitative estimate of drug-likeness (QED) is 0.737. The Balaban J connectivity index is 2.17. The van der Waals surface area contributed by atoms with Crippen molar-refractivity contribution in [2.45, 2.75) is 25.4 Å². The highest BCUT2D eigenvalue weighted by atomic mass is 79.9. The highest BCUT2D eigenvalue weighted by molar-refractivity contribution is 9.09. The van der Waals surface area contributed by atoms with E-state index < -0.39 is 17.1 Å². The second-order valence-electron chi connectivity index (χ2n) is 5.21. The number of hydrogen-bond donors (Lipinski definition) is 2. The molecule has 1 atom stereocenters. The van der Waals surface area contributed by atoms with Crippen LogP contribution in [0.3, 0.4) is 0 Å². The number of rotatable bonds is 6. The Morgan fingerprint density at radius 3 is 2.61 bits per heavy atom. The molecule has 0 bridgehead atoms. The summed E-state index contributed by atoms with van der Waals surface area (Å²) >= 11 is 3.24. The van der Waals surface area contributed by atoms with E-state index in [1.54, 1.807) is 38.3 Å². The zero-order valence-corrected chi connectivity index (χ0v) is 14.5. The van der Waals surface area contributed by atoms with E-state index >= 15 is 0 Å². The van der Waals surface area contributed by atoms with E-state index in [1.165, 1.54) is 0 Å². The minimum atomic E-state index is -1.38. The number of nitrogens with one attached hydrogen (secondary N) is 1. The van der Waals surface area contributed by atoms with Crippen molar-refractivity contribution in [3.8, 4) is 5.75 Å². The summed E-state index contributed by atoms with van der Waals surface area (Å²) in [4.78, 5) is 24.1. The lowest BCUT2D eigenvalue weighted by Crippen LogP contribution is -2.32. The normalized spacial score (nSPS) is 20.4. The van der Waals surface area contributed by atoms with E-state index in [2.05, 4.69) is 21.2 Å². The van der Waals surface area contributed by atoms with Crippen molar-refractivity contribution in [2.24, 2.45) is 0 Å². The zero-order valence-electron chi connectivity index (χ0n) is 12.9. The lowest BCUT2D eigenvalue weighted by molar-refractivity contribution is -0.133. The maximum Gasteiger partial charge on any atom is 0.250 e. The molecule has 7 heteroatoms. The van der Waals surface area contributed by atoms with E-state index in [4.69, 9.17) is 9.47 Å². The van der Waals surface area contributed by atoms with Crippen LogP contribution in [0, 0.1) is 0 Å². The number of carbonyl (C=O) groups is 2. The van der Waals surface area contributed by atoms with Crippen LogP contribution in [-0.2, 0) is 19.9 Å². The monoisotopic (exact) mass is 383 g/mol. The third kappa shape index (κ3) is 3.50. The molecule has 1 unspecified atom stereocenters. The van der Waals surface area contributed by atoms with Crippen LogP contribution >= 0.6 is 15.9 Å². The minimum absolute atomic E-state index is 0.201. The number of benzene rings is 1. The summed E-state index contributed by atoms with van der Waals surface area (Å²) in [5.41, 5.74) is -0.825. The Bertz CT molecular complexity index is 640. The van der Waals surface area contributed by atoms with Gasteiger partial charge in [-0.25, -0.2) is 0 Å². The molecule has 1 amide bonds. The van der Waals surface area contributed by atoms with E-state index in [1.807, 2.05) is 0 Å². The summed E-state index contributed by atoms with van der Waals surface area (Å²) in [7, 11) is 1.54. The van der Waals surface area contributed by atoms with Crippen LogP contribution in [-0.4, -0.2) is 29.2 Å². The Hall–Kier alpha value is -2.02. The smallest absolute Gasteiger partial charge is 0.250 e. The Labute approximate surface area is 142 Å². The van der Waals surface area contributed by atoms with Gasteiger partial charge < -0.3 is 14.6 Å². The van der Waals surface area contributed by atoms with Gasteiger partial charge in [-0.15, -0.1) is 0 Å². The fourth-order valence-electron chi connectivity index (χ4n) is 2.23. The molecule has 1 heterocycles. The average Bonchev–Trinajstić information content (AvgIpc) is 2.78. The zero-order chi connectivity index (χ0) is 17.0. The Morgan fingerprint density at radius 1 is 1.39 bits per heavy atom. The van der Waals surface area contributed by atoms with Gasteiger partial charge >= 0.3 is 0 Å². The van der Waals surface area contributed by atoms with E-state index in [0.29, 0.717) is 23.1 Å². The molecular weight excluding hydrogens is 366 g/mol. The largest absolute Gasteiger partial charge is 0.501 e. The number of aliphatic hydroxyl groups excluding tert-OH is 1. The first-order valence-corrected chi connectivity index (χ1v) is 8.22. The number of halogens is 1. The average molecular weight is 384 g/mol. The third-order valence-electron chi connectivity index (χ3n) is 3.60. The molecule has 124 valence electrons. The van der Waals surface area contributed by atoms with Crippen molar-refractivity contribution in [3.63, 3.8) is 0 Å². The molecule has 0 aliphatic carbocycles. The van der Waals surface area contributed by atoms with Gasteiger partial charge in [0.25, 0.3) is 5.78 Å². The summed E-state index contributed by atoms with van der Waals surface area (Å²) < 4.78 is 10.7. The maximum atomic E-state index is 12.4. The number of aliphatic hydroxyl groups is 1. The van der Waals surface area contributed by atoms with Crippen LogP contribution in [0.5, 0.6) is 5.75 Å². The van der Waals surface area contributed by atoms with Gasteiger partial charge in [-0.05, 0) is 25.5 Å². The number of methoxy groups -OCH3 is 1. The topological polar surface area (TPSA) is 84.9 Å². The molecule has 0 fully saturated rings. The van der Waals surface area contributed by atoms with Crippen LogP contribution in [0.1, 0.15) is 25.3 Å². The lowest BCUT2D eigenvalue weighted by Gasteiger charge is -2.23. The SMILES string of the molecule is COc1ccc(C2(C)OC(NC(=O)CCCBr)=C(O)C2=O)cc1. The molecule has 0 aromatic heterocycles. The van der Waals surface area contributed by atoms with Crippen molar-refractivity contribution in [2.75, 3.05) is 12.4 Å². The van der Waals surface area contributed by atoms with Gasteiger partial charge in [-0.3, -0.25) is 14.9 Å². The number of hydrogen-bond acceptors (Lipinski definition) is 5. The van der Waals surface area contributed by atoms with Gasteiger partial charge in [-0.1, -0.05) is 28.1 Å². The van der Waals surface area contributed by atoms with Crippen LogP contribution < -0.4 is 10.1 Å². The first-order valence-electron chi connectivity index (χ1n) is 7.09. The molecule has 1 aliphatic rings. The van der Waals surface area contributed by atoms with Gasteiger partial charge in [0.2, 0.25) is 17.5 Å². The minimum Gasteiger partial charge on any atom is -0.501 e. The molecule has 0 radical (unpaired) electrons. The summed E-state index contributed by atoms with van der Waals surface area (Å²) in [5, 5.41) is 13.1. The molecule has 1 aromatic rings. The van der Waals surface area contributed by atoms with E-state index in [-0.39, 0.29) is 18.2 Å². The fraction of sp³-hybridized carbons (Fsp3) is 0.375. The van der Waals surface area contributed by atoms with Gasteiger partial charge in [0.15, 0.2) is 5.60 Å². The molecule has 0 saturated carbocycles. The van der Waals surface area contributed by atoms with Gasteiger partial charge in [0, 0.05) is 17.3 Å². The molecule has 0 spiro atoms. The molecular formula is C16H18BrNO5. The molecule has 2 rings (SSSR count). The fourth-order valence-corrected chi connectivity index (χ4v) is 2.51. The predicted octanol–water partition coefficient (Wildman–Crippen LogP) is 2.53. The highest BCUT2D eigenvalue weighted by Gasteiger charge is 2.48. The molecule has 2 N–H and O–H groups in total. The summed E-state index contributed by atoms with van der Waals surface area (Å²) in [6.45, 7) is 1.55. The standard InChI is InChI=1S/C16H18BrNO5/c1-16(10-5-7-11(22-2)8-6-10)14(21)13(20)15(23-16)18-12(19)4-3-9-17/h5-8,20H,3-4,9H2,1-2H3,(H,18,19). The van der Waals surface area contributed by atoms with E-state index in [9.17, 15) is 14.7 Å². The Kier molecular flexibility index (Phi) is 5.30. The van der Waals surface area contributed by atoms with Crippen molar-refractivity contribution in [1.29, 1.82) is 0 Å². The number of amides is 1. The van der Waals surface area contributed by atoms with Crippen LogP contribution in [0.4, 0.5) is 0 Å². The maximum absolute atomic E-state index is 12.4. The van der Waals surface area contributed by atoms with Crippen molar-refractivity contribution < 1.29 is 24.2 Å². The van der Waals surface area contributed by atoms with Crippen LogP contribution in [0.25, 0.3) is 0 Å². The second kappa shape index (κ2) is 7.04.